The molecule has 0 N–H and O–H groups in total. The number of aryl methyl sites for hydroxylation is 1. The number of hydrogen-bond donors (Lipinski definition) is 0. The van der Waals surface area contributed by atoms with Crippen molar-refractivity contribution in [1.82, 2.24) is 9.47 Å². The van der Waals surface area contributed by atoms with Gasteiger partial charge in [0.25, 0.3) is 0 Å². The quantitative estimate of drug-likeness (QED) is 0.833. The van der Waals surface area contributed by atoms with Crippen LogP contribution >= 0.6 is 0 Å². The highest BCUT2D eigenvalue weighted by molar-refractivity contribution is 5.99. The molecule has 1 aromatic rings. The predicted octanol–water partition coefficient (Wildman–Crippen LogP) is 2.90. The molecular formula is C16H26N2O. The van der Waals surface area contributed by atoms with Gasteiger partial charge in [-0.15, -0.1) is 0 Å². The maximum Gasteiger partial charge on any atom is 0.165 e. The zero-order valence-electron chi connectivity index (χ0n) is 12.9. The Hall–Kier alpha value is -1.09. The van der Waals surface area contributed by atoms with Gasteiger partial charge in [0.15, 0.2) is 5.78 Å². The molecule has 0 saturated carbocycles. The van der Waals surface area contributed by atoms with E-state index in [9.17, 15) is 4.79 Å². The van der Waals surface area contributed by atoms with E-state index in [2.05, 4.69) is 50.3 Å². The highest BCUT2D eigenvalue weighted by Gasteiger charge is 2.33. The monoisotopic (exact) mass is 262 g/mol. The summed E-state index contributed by atoms with van der Waals surface area (Å²) in [7, 11) is 2.14. The van der Waals surface area contributed by atoms with Crippen LogP contribution < -0.4 is 0 Å². The predicted molar refractivity (Wildman–Crippen MR) is 78.8 cm³/mol. The van der Waals surface area contributed by atoms with E-state index in [0.717, 1.165) is 31.6 Å². The number of Topliss-reactive ketones (excluding diaryl/α,β-unsaturated/α-hetero) is 1. The lowest BCUT2D eigenvalue weighted by molar-refractivity contribution is 0.0909. The zero-order valence-corrected chi connectivity index (χ0v) is 12.9. The summed E-state index contributed by atoms with van der Waals surface area (Å²) in [5, 5.41) is 0. The number of fused-ring (bicyclic) bond motifs is 1. The lowest BCUT2D eigenvalue weighted by Gasteiger charge is -2.30. The molecule has 0 aliphatic heterocycles. The average molecular weight is 262 g/mol. The maximum absolute atomic E-state index is 12.2. The van der Waals surface area contributed by atoms with Crippen molar-refractivity contribution in [3.05, 3.63) is 23.0 Å². The van der Waals surface area contributed by atoms with Crippen LogP contribution in [0, 0.1) is 12.3 Å². The fourth-order valence-electron chi connectivity index (χ4n) is 2.95. The van der Waals surface area contributed by atoms with Gasteiger partial charge in [-0.1, -0.05) is 20.8 Å². The average Bonchev–Trinajstić information content (AvgIpc) is 2.61. The van der Waals surface area contributed by atoms with E-state index in [1.54, 1.807) is 0 Å². The van der Waals surface area contributed by atoms with Crippen LogP contribution in [-0.4, -0.2) is 35.4 Å². The molecule has 1 aromatic heterocycles. The molecule has 0 aromatic carbocycles. The van der Waals surface area contributed by atoms with Crippen LogP contribution in [0.5, 0.6) is 0 Å². The minimum absolute atomic E-state index is 0.100. The lowest BCUT2D eigenvalue weighted by atomic mass is 9.76. The first-order valence-corrected chi connectivity index (χ1v) is 7.25. The van der Waals surface area contributed by atoms with Gasteiger partial charge in [-0.2, -0.15) is 0 Å². The van der Waals surface area contributed by atoms with Gasteiger partial charge in [-0.25, -0.2) is 0 Å². The molecule has 1 heterocycles. The van der Waals surface area contributed by atoms with E-state index in [1.165, 1.54) is 11.4 Å². The molecule has 0 amide bonds. The van der Waals surface area contributed by atoms with Crippen molar-refractivity contribution >= 4 is 5.78 Å². The van der Waals surface area contributed by atoms with Crippen LogP contribution in [0.15, 0.2) is 6.07 Å². The molecule has 0 spiro atoms. The summed E-state index contributed by atoms with van der Waals surface area (Å²) >= 11 is 0. The van der Waals surface area contributed by atoms with Gasteiger partial charge in [0.2, 0.25) is 0 Å². The molecule has 0 atom stereocenters. The third kappa shape index (κ3) is 2.92. The first-order chi connectivity index (χ1) is 8.84. The van der Waals surface area contributed by atoms with Gasteiger partial charge in [0.05, 0.1) is 0 Å². The number of ketones is 1. The van der Waals surface area contributed by atoms with E-state index in [-0.39, 0.29) is 5.41 Å². The first-order valence-electron chi connectivity index (χ1n) is 7.25. The summed E-state index contributed by atoms with van der Waals surface area (Å²) in [6.45, 7) is 11.8. The van der Waals surface area contributed by atoms with E-state index in [0.29, 0.717) is 12.2 Å². The Morgan fingerprint density at radius 3 is 2.68 bits per heavy atom. The van der Waals surface area contributed by atoms with Crippen molar-refractivity contribution in [2.24, 2.45) is 5.41 Å². The number of hydrogen-bond acceptors (Lipinski definition) is 2. The second-order valence-corrected chi connectivity index (χ2v) is 6.63. The van der Waals surface area contributed by atoms with Crippen LogP contribution in [0.3, 0.4) is 0 Å². The van der Waals surface area contributed by atoms with E-state index in [4.69, 9.17) is 0 Å². The minimum Gasteiger partial charge on any atom is -0.347 e. The number of likely N-dealkylation sites (N-methyl/N-ethyl adjacent to an activating group) is 1. The Balaban J connectivity index is 2.28. The normalized spacial score (nSPS) is 17.9. The molecule has 3 heteroatoms. The second-order valence-electron chi connectivity index (χ2n) is 6.63. The number of nitrogens with zero attached hydrogens (tertiary/aromatic N) is 2. The Morgan fingerprint density at radius 2 is 2.05 bits per heavy atom. The molecule has 1 aliphatic carbocycles. The third-order valence-corrected chi connectivity index (χ3v) is 4.25. The van der Waals surface area contributed by atoms with Crippen molar-refractivity contribution in [1.29, 1.82) is 0 Å². The summed E-state index contributed by atoms with van der Waals surface area (Å²) in [6.07, 6.45) is 1.69. The largest absolute Gasteiger partial charge is 0.347 e. The molecule has 2 rings (SSSR count). The molecule has 0 saturated heterocycles. The number of rotatable bonds is 4. The Morgan fingerprint density at radius 1 is 1.37 bits per heavy atom. The smallest absolute Gasteiger partial charge is 0.165 e. The standard InChI is InChI=1S/C16H26N2O/c1-6-17(5)7-8-18-12(2)9-13-14(18)10-16(3,4)11-15(13)19/h9H,6-8,10-11H2,1-5H3. The molecule has 0 fully saturated rings. The summed E-state index contributed by atoms with van der Waals surface area (Å²) in [6, 6.07) is 2.08. The molecular weight excluding hydrogens is 236 g/mol. The molecule has 0 bridgehead atoms. The van der Waals surface area contributed by atoms with Gasteiger partial charge < -0.3 is 9.47 Å². The Kier molecular flexibility index (Phi) is 3.86. The Labute approximate surface area is 116 Å². The van der Waals surface area contributed by atoms with Crippen LogP contribution in [0.2, 0.25) is 0 Å². The first kappa shape index (κ1) is 14.3. The summed E-state index contributed by atoms with van der Waals surface area (Å²) in [5.41, 5.74) is 3.54. The van der Waals surface area contributed by atoms with Crippen LogP contribution in [0.4, 0.5) is 0 Å². The van der Waals surface area contributed by atoms with Crippen LogP contribution in [0.1, 0.15) is 48.9 Å². The summed E-state index contributed by atoms with van der Waals surface area (Å²) in [5.74, 6) is 0.317. The number of carbonyl (C=O) groups is 1. The van der Waals surface area contributed by atoms with E-state index >= 15 is 0 Å². The molecule has 1 aliphatic rings. The molecule has 19 heavy (non-hydrogen) atoms. The highest BCUT2D eigenvalue weighted by Crippen LogP contribution is 2.36. The molecule has 0 unspecified atom stereocenters. The molecule has 3 nitrogen and oxygen atoms in total. The molecule has 106 valence electrons. The summed E-state index contributed by atoms with van der Waals surface area (Å²) in [4.78, 5) is 14.5. The second kappa shape index (κ2) is 5.12. The van der Waals surface area contributed by atoms with E-state index < -0.39 is 0 Å². The van der Waals surface area contributed by atoms with Gasteiger partial charge in [-0.05, 0) is 38.4 Å². The van der Waals surface area contributed by atoms with Gasteiger partial charge in [0, 0.05) is 36.5 Å². The number of aromatic nitrogens is 1. The van der Waals surface area contributed by atoms with Crippen molar-refractivity contribution < 1.29 is 4.79 Å². The zero-order chi connectivity index (χ0) is 14.2. The topological polar surface area (TPSA) is 25.2 Å². The van der Waals surface area contributed by atoms with Gasteiger partial charge >= 0.3 is 0 Å². The highest BCUT2D eigenvalue weighted by atomic mass is 16.1. The van der Waals surface area contributed by atoms with Gasteiger partial charge in [-0.3, -0.25) is 4.79 Å². The number of carbonyl (C=O) groups excluding carboxylic acids is 1. The van der Waals surface area contributed by atoms with Crippen molar-refractivity contribution in [3.63, 3.8) is 0 Å². The maximum atomic E-state index is 12.2. The van der Waals surface area contributed by atoms with Crippen molar-refractivity contribution in [3.8, 4) is 0 Å². The Bertz CT molecular complexity index is 485. The third-order valence-electron chi connectivity index (χ3n) is 4.25. The minimum atomic E-state index is 0.100. The van der Waals surface area contributed by atoms with Crippen molar-refractivity contribution in [2.45, 2.75) is 47.1 Å². The van der Waals surface area contributed by atoms with Crippen LogP contribution in [0.25, 0.3) is 0 Å². The summed E-state index contributed by atoms with van der Waals surface area (Å²) < 4.78 is 2.35. The SMILES string of the molecule is CCN(C)CCn1c(C)cc2c1CC(C)(C)CC2=O. The molecule has 0 radical (unpaired) electrons. The van der Waals surface area contributed by atoms with Crippen molar-refractivity contribution in [2.75, 3.05) is 20.1 Å². The lowest BCUT2D eigenvalue weighted by Crippen LogP contribution is -2.29. The fraction of sp³-hybridized carbons (Fsp3) is 0.688. The van der Waals surface area contributed by atoms with E-state index in [1.807, 2.05) is 0 Å². The van der Waals surface area contributed by atoms with Gasteiger partial charge in [0.1, 0.15) is 0 Å². The van der Waals surface area contributed by atoms with Crippen LogP contribution in [-0.2, 0) is 13.0 Å². The fourth-order valence-corrected chi connectivity index (χ4v) is 2.95.